The second-order valence-electron chi connectivity index (χ2n) is 4.16. The summed E-state index contributed by atoms with van der Waals surface area (Å²) in [5.41, 5.74) is 3.73. The molecule has 1 aromatic carbocycles. The minimum absolute atomic E-state index is 0.247. The highest BCUT2D eigenvalue weighted by Crippen LogP contribution is 2.29. The van der Waals surface area contributed by atoms with Gasteiger partial charge in [0, 0.05) is 9.90 Å². The van der Waals surface area contributed by atoms with Crippen molar-refractivity contribution in [2.75, 3.05) is 7.05 Å². The van der Waals surface area contributed by atoms with Crippen molar-refractivity contribution in [2.24, 2.45) is 0 Å². The first-order chi connectivity index (χ1) is 8.13. The molecule has 0 bridgehead atoms. The summed E-state index contributed by atoms with van der Waals surface area (Å²) in [6, 6.07) is 8.65. The molecular weight excluding hydrogens is 250 g/mol. The molecule has 1 heterocycles. The van der Waals surface area contributed by atoms with E-state index in [1.54, 1.807) is 11.3 Å². The van der Waals surface area contributed by atoms with Gasteiger partial charge in [-0.3, -0.25) is 0 Å². The van der Waals surface area contributed by atoms with Crippen LogP contribution < -0.4 is 5.32 Å². The Kier molecular flexibility index (Phi) is 3.87. The summed E-state index contributed by atoms with van der Waals surface area (Å²) in [4.78, 5) is 1.36. The maximum atomic E-state index is 6.07. The third-order valence-corrected chi connectivity index (χ3v) is 4.30. The van der Waals surface area contributed by atoms with Crippen molar-refractivity contribution >= 4 is 22.9 Å². The normalized spacial score (nSPS) is 12.7. The van der Waals surface area contributed by atoms with Gasteiger partial charge in [0.25, 0.3) is 0 Å². The van der Waals surface area contributed by atoms with E-state index in [4.69, 9.17) is 11.6 Å². The zero-order valence-corrected chi connectivity index (χ0v) is 11.8. The van der Waals surface area contributed by atoms with Crippen LogP contribution in [0.2, 0.25) is 5.02 Å². The van der Waals surface area contributed by atoms with E-state index in [-0.39, 0.29) is 6.04 Å². The Labute approximate surface area is 111 Å². The van der Waals surface area contributed by atoms with Gasteiger partial charge in [0.15, 0.2) is 0 Å². The molecule has 0 aliphatic heterocycles. The molecule has 0 aliphatic rings. The largest absolute Gasteiger partial charge is 0.309 e. The number of rotatable bonds is 3. The number of aryl methyl sites for hydroxylation is 2. The van der Waals surface area contributed by atoms with Crippen LogP contribution in [0.5, 0.6) is 0 Å². The van der Waals surface area contributed by atoms with E-state index in [1.165, 1.54) is 16.0 Å². The first-order valence-corrected chi connectivity index (χ1v) is 6.86. The van der Waals surface area contributed by atoms with Crippen LogP contribution in [0.1, 0.15) is 27.6 Å². The number of hydrogen-bond acceptors (Lipinski definition) is 2. The molecular formula is C14H16ClNS. The van der Waals surface area contributed by atoms with E-state index in [2.05, 4.69) is 35.8 Å². The minimum atomic E-state index is 0.247. The molecule has 1 unspecified atom stereocenters. The fourth-order valence-electron chi connectivity index (χ4n) is 2.04. The predicted molar refractivity (Wildman–Crippen MR) is 76.1 cm³/mol. The van der Waals surface area contributed by atoms with Gasteiger partial charge in [-0.05, 0) is 55.1 Å². The topological polar surface area (TPSA) is 12.0 Å². The Bertz CT molecular complexity index is 519. The summed E-state index contributed by atoms with van der Waals surface area (Å²) in [7, 11) is 1.99. The lowest BCUT2D eigenvalue weighted by Gasteiger charge is -2.17. The van der Waals surface area contributed by atoms with E-state index >= 15 is 0 Å². The second-order valence-corrected chi connectivity index (χ2v) is 5.69. The van der Waals surface area contributed by atoms with E-state index in [0.29, 0.717) is 0 Å². The molecule has 0 saturated heterocycles. The van der Waals surface area contributed by atoms with Crippen molar-refractivity contribution in [3.8, 4) is 0 Å². The quantitative estimate of drug-likeness (QED) is 0.871. The standard InChI is InChI=1S/C14H16ClNS/c1-9-8-11(4-5-13(9)15)14(16-3)12-6-7-17-10(12)2/h4-8,14,16H,1-3H3. The molecule has 0 saturated carbocycles. The van der Waals surface area contributed by atoms with E-state index in [1.807, 2.05) is 20.0 Å². The lowest BCUT2D eigenvalue weighted by Crippen LogP contribution is -2.17. The molecule has 1 aromatic heterocycles. The van der Waals surface area contributed by atoms with E-state index < -0.39 is 0 Å². The monoisotopic (exact) mass is 265 g/mol. The molecule has 0 radical (unpaired) electrons. The minimum Gasteiger partial charge on any atom is -0.309 e. The van der Waals surface area contributed by atoms with Gasteiger partial charge in [-0.2, -0.15) is 0 Å². The predicted octanol–water partition coefficient (Wildman–Crippen LogP) is 4.33. The average molecular weight is 266 g/mol. The highest BCUT2D eigenvalue weighted by Gasteiger charge is 2.15. The van der Waals surface area contributed by atoms with Crippen LogP contribution in [-0.2, 0) is 0 Å². The van der Waals surface area contributed by atoms with Gasteiger partial charge in [0.05, 0.1) is 6.04 Å². The van der Waals surface area contributed by atoms with Crippen LogP contribution in [-0.4, -0.2) is 7.05 Å². The molecule has 2 rings (SSSR count). The van der Waals surface area contributed by atoms with Crippen molar-refractivity contribution in [2.45, 2.75) is 19.9 Å². The summed E-state index contributed by atoms with van der Waals surface area (Å²) in [5, 5.41) is 6.33. The third kappa shape index (κ3) is 2.54. The van der Waals surface area contributed by atoms with Crippen LogP contribution in [0, 0.1) is 13.8 Å². The van der Waals surface area contributed by atoms with Crippen LogP contribution in [0.15, 0.2) is 29.6 Å². The van der Waals surface area contributed by atoms with Crippen molar-refractivity contribution in [3.05, 3.63) is 56.2 Å². The molecule has 0 aliphatic carbocycles. The zero-order chi connectivity index (χ0) is 12.4. The van der Waals surface area contributed by atoms with Gasteiger partial charge in [-0.15, -0.1) is 11.3 Å². The second kappa shape index (κ2) is 5.21. The van der Waals surface area contributed by atoms with Crippen molar-refractivity contribution in [1.29, 1.82) is 0 Å². The summed E-state index contributed by atoms with van der Waals surface area (Å²) < 4.78 is 0. The molecule has 0 fully saturated rings. The first kappa shape index (κ1) is 12.6. The maximum absolute atomic E-state index is 6.07. The highest BCUT2D eigenvalue weighted by molar-refractivity contribution is 7.10. The summed E-state index contributed by atoms with van der Waals surface area (Å²) in [6.07, 6.45) is 0. The Morgan fingerprint density at radius 1 is 1.24 bits per heavy atom. The maximum Gasteiger partial charge on any atom is 0.0585 e. The molecule has 90 valence electrons. The third-order valence-electron chi connectivity index (χ3n) is 3.01. The van der Waals surface area contributed by atoms with Crippen LogP contribution in [0.3, 0.4) is 0 Å². The van der Waals surface area contributed by atoms with E-state index in [0.717, 1.165) is 10.6 Å². The summed E-state index contributed by atoms with van der Waals surface area (Å²) in [5.74, 6) is 0. The van der Waals surface area contributed by atoms with Crippen molar-refractivity contribution in [3.63, 3.8) is 0 Å². The van der Waals surface area contributed by atoms with Gasteiger partial charge < -0.3 is 5.32 Å². The molecule has 2 aromatic rings. The molecule has 0 amide bonds. The summed E-state index contributed by atoms with van der Waals surface area (Å²) in [6.45, 7) is 4.20. The molecule has 0 spiro atoms. The molecule has 17 heavy (non-hydrogen) atoms. The average Bonchev–Trinajstić information content (AvgIpc) is 2.71. The Hall–Kier alpha value is -0.830. The Morgan fingerprint density at radius 3 is 2.53 bits per heavy atom. The highest BCUT2D eigenvalue weighted by atomic mass is 35.5. The molecule has 1 nitrogen and oxygen atoms in total. The Morgan fingerprint density at radius 2 is 2.00 bits per heavy atom. The smallest absolute Gasteiger partial charge is 0.0585 e. The zero-order valence-electron chi connectivity index (χ0n) is 10.3. The van der Waals surface area contributed by atoms with Crippen LogP contribution in [0.25, 0.3) is 0 Å². The van der Waals surface area contributed by atoms with Gasteiger partial charge in [-0.25, -0.2) is 0 Å². The van der Waals surface area contributed by atoms with Crippen LogP contribution in [0.4, 0.5) is 0 Å². The number of hydrogen-bond donors (Lipinski definition) is 1. The molecule has 3 heteroatoms. The van der Waals surface area contributed by atoms with Gasteiger partial charge in [-0.1, -0.05) is 23.7 Å². The van der Waals surface area contributed by atoms with Crippen LogP contribution >= 0.6 is 22.9 Å². The SMILES string of the molecule is CNC(c1ccc(Cl)c(C)c1)c1ccsc1C. The fraction of sp³-hybridized carbons (Fsp3) is 0.286. The van der Waals surface area contributed by atoms with E-state index in [9.17, 15) is 0 Å². The molecule has 1 N–H and O–H groups in total. The first-order valence-electron chi connectivity index (χ1n) is 5.60. The number of benzene rings is 1. The summed E-state index contributed by atoms with van der Waals surface area (Å²) >= 11 is 7.85. The van der Waals surface area contributed by atoms with Gasteiger partial charge in [0.1, 0.15) is 0 Å². The van der Waals surface area contributed by atoms with Crippen molar-refractivity contribution < 1.29 is 0 Å². The Balaban J connectivity index is 2.42. The number of nitrogens with one attached hydrogen (secondary N) is 1. The van der Waals surface area contributed by atoms with Gasteiger partial charge >= 0.3 is 0 Å². The molecule has 1 atom stereocenters. The van der Waals surface area contributed by atoms with Crippen molar-refractivity contribution in [1.82, 2.24) is 5.32 Å². The van der Waals surface area contributed by atoms with Gasteiger partial charge in [0.2, 0.25) is 0 Å². The number of thiophene rings is 1. The lowest BCUT2D eigenvalue weighted by atomic mass is 9.98. The lowest BCUT2D eigenvalue weighted by molar-refractivity contribution is 0.690. The fourth-order valence-corrected chi connectivity index (χ4v) is 2.90. The number of halogens is 1.